The van der Waals surface area contributed by atoms with Gasteiger partial charge in [-0.2, -0.15) is 0 Å². The van der Waals surface area contributed by atoms with Crippen molar-refractivity contribution in [3.8, 4) is 5.75 Å². The number of nitrogens with zero attached hydrogens (tertiary/aromatic N) is 1. The summed E-state index contributed by atoms with van der Waals surface area (Å²) in [5.74, 6) is 0.137. The summed E-state index contributed by atoms with van der Waals surface area (Å²) in [6, 6.07) is 6.22. The molecule has 1 atom stereocenters. The van der Waals surface area contributed by atoms with E-state index in [1.54, 1.807) is 7.11 Å². The molecule has 0 spiro atoms. The standard InChI is InChI=1S/C17H25N3O5/c1-25-15-5-3-2-4-12(15)9-20-7-6-18-17(24)14(20)8-16(23)19-13(10-21)11-22/h2-5,13-14,21-22H,6-11H2,1H3,(H,18,24)(H,19,23)/t14-/m1/s1. The number of aliphatic hydroxyl groups is 2. The molecule has 1 aromatic carbocycles. The van der Waals surface area contributed by atoms with Gasteiger partial charge in [-0.05, 0) is 6.07 Å². The number of carbonyl (C=O) groups excluding carboxylic acids is 2. The van der Waals surface area contributed by atoms with Gasteiger partial charge in [-0.25, -0.2) is 0 Å². The van der Waals surface area contributed by atoms with E-state index >= 15 is 0 Å². The highest BCUT2D eigenvalue weighted by atomic mass is 16.5. The van der Waals surface area contributed by atoms with Gasteiger partial charge < -0.3 is 25.6 Å². The molecule has 0 aromatic heterocycles. The topological polar surface area (TPSA) is 111 Å². The summed E-state index contributed by atoms with van der Waals surface area (Å²) in [5.41, 5.74) is 0.939. The van der Waals surface area contributed by atoms with Crippen LogP contribution in [0.15, 0.2) is 24.3 Å². The van der Waals surface area contributed by atoms with Crippen molar-refractivity contribution in [2.75, 3.05) is 33.4 Å². The molecule has 4 N–H and O–H groups in total. The summed E-state index contributed by atoms with van der Waals surface area (Å²) in [6.07, 6.45) is -0.0442. The molecule has 1 fully saturated rings. The Bertz CT molecular complexity index is 591. The van der Waals surface area contributed by atoms with Crippen LogP contribution in [0.4, 0.5) is 0 Å². The van der Waals surface area contributed by atoms with Crippen LogP contribution in [0.1, 0.15) is 12.0 Å². The van der Waals surface area contributed by atoms with E-state index in [2.05, 4.69) is 10.6 Å². The average Bonchev–Trinajstić information content (AvgIpc) is 2.63. The molecule has 2 rings (SSSR count). The number of amides is 2. The van der Waals surface area contributed by atoms with Crippen LogP contribution in [-0.4, -0.2) is 72.4 Å². The highest BCUT2D eigenvalue weighted by Gasteiger charge is 2.32. The van der Waals surface area contributed by atoms with Gasteiger partial charge in [0.05, 0.1) is 38.8 Å². The Morgan fingerprint density at radius 3 is 2.80 bits per heavy atom. The van der Waals surface area contributed by atoms with Crippen LogP contribution in [0.2, 0.25) is 0 Å². The Labute approximate surface area is 146 Å². The first kappa shape index (κ1) is 19.2. The maximum absolute atomic E-state index is 12.2. The van der Waals surface area contributed by atoms with Crippen molar-refractivity contribution in [1.29, 1.82) is 0 Å². The first-order valence-corrected chi connectivity index (χ1v) is 8.23. The second kappa shape index (κ2) is 9.36. The Balaban J connectivity index is 2.07. The fraction of sp³-hybridized carbons (Fsp3) is 0.529. The number of ether oxygens (including phenoxy) is 1. The van der Waals surface area contributed by atoms with Crippen LogP contribution in [0.5, 0.6) is 5.75 Å². The van der Waals surface area contributed by atoms with Crippen molar-refractivity contribution in [2.45, 2.75) is 25.0 Å². The predicted octanol–water partition coefficient (Wildman–Crippen LogP) is -1.14. The number of carbonyl (C=O) groups is 2. The Hall–Kier alpha value is -2.16. The van der Waals surface area contributed by atoms with Gasteiger partial charge in [-0.1, -0.05) is 18.2 Å². The molecular formula is C17H25N3O5. The van der Waals surface area contributed by atoms with E-state index < -0.39 is 12.1 Å². The summed E-state index contributed by atoms with van der Waals surface area (Å²) >= 11 is 0. The van der Waals surface area contributed by atoms with Crippen molar-refractivity contribution in [1.82, 2.24) is 15.5 Å². The zero-order chi connectivity index (χ0) is 18.2. The number of piperazine rings is 1. The minimum absolute atomic E-state index is 0.0442. The van der Waals surface area contributed by atoms with Crippen LogP contribution in [0.3, 0.4) is 0 Å². The second-order valence-corrected chi connectivity index (χ2v) is 5.92. The number of benzene rings is 1. The van der Waals surface area contributed by atoms with Gasteiger partial charge in [0.25, 0.3) is 0 Å². The van der Waals surface area contributed by atoms with Crippen molar-refractivity contribution in [2.24, 2.45) is 0 Å². The zero-order valence-corrected chi connectivity index (χ0v) is 14.3. The minimum atomic E-state index is -0.721. The third-order valence-electron chi connectivity index (χ3n) is 4.19. The van der Waals surface area contributed by atoms with Crippen LogP contribution in [-0.2, 0) is 16.1 Å². The molecule has 0 bridgehead atoms. The predicted molar refractivity (Wildman–Crippen MR) is 90.9 cm³/mol. The van der Waals surface area contributed by atoms with Gasteiger partial charge in [0.1, 0.15) is 5.75 Å². The minimum Gasteiger partial charge on any atom is -0.496 e. The van der Waals surface area contributed by atoms with E-state index in [0.29, 0.717) is 19.6 Å². The Kier molecular flexibility index (Phi) is 7.17. The number of rotatable bonds is 8. The number of hydrogen-bond acceptors (Lipinski definition) is 6. The molecule has 1 aliphatic heterocycles. The summed E-state index contributed by atoms with van der Waals surface area (Å²) in [4.78, 5) is 26.3. The molecule has 1 aromatic rings. The lowest BCUT2D eigenvalue weighted by Crippen LogP contribution is -2.56. The van der Waals surface area contributed by atoms with Crippen LogP contribution < -0.4 is 15.4 Å². The average molecular weight is 351 g/mol. The monoisotopic (exact) mass is 351 g/mol. The normalized spacial score (nSPS) is 18.1. The lowest BCUT2D eigenvalue weighted by atomic mass is 10.1. The van der Waals surface area contributed by atoms with Gasteiger partial charge in [0.2, 0.25) is 11.8 Å². The highest BCUT2D eigenvalue weighted by Crippen LogP contribution is 2.21. The number of methoxy groups -OCH3 is 1. The van der Waals surface area contributed by atoms with Crippen molar-refractivity contribution < 1.29 is 24.5 Å². The van der Waals surface area contributed by atoms with Crippen LogP contribution in [0.25, 0.3) is 0 Å². The number of nitrogens with one attached hydrogen (secondary N) is 2. The SMILES string of the molecule is COc1ccccc1CN1CCNC(=O)[C@H]1CC(=O)NC(CO)CO. The largest absolute Gasteiger partial charge is 0.496 e. The summed E-state index contributed by atoms with van der Waals surface area (Å²) in [5, 5.41) is 23.4. The van der Waals surface area contributed by atoms with E-state index in [4.69, 9.17) is 14.9 Å². The Morgan fingerprint density at radius 2 is 2.12 bits per heavy atom. The van der Waals surface area contributed by atoms with Gasteiger partial charge >= 0.3 is 0 Å². The molecule has 1 aliphatic rings. The molecule has 0 aliphatic carbocycles. The lowest BCUT2D eigenvalue weighted by Gasteiger charge is -2.35. The third kappa shape index (κ3) is 5.15. The van der Waals surface area contributed by atoms with E-state index in [1.165, 1.54) is 0 Å². The lowest BCUT2D eigenvalue weighted by molar-refractivity contribution is -0.134. The molecule has 25 heavy (non-hydrogen) atoms. The molecule has 0 radical (unpaired) electrons. The molecule has 8 nitrogen and oxygen atoms in total. The molecule has 0 unspecified atom stereocenters. The zero-order valence-electron chi connectivity index (χ0n) is 14.3. The number of hydrogen-bond donors (Lipinski definition) is 4. The fourth-order valence-corrected chi connectivity index (χ4v) is 2.84. The van der Waals surface area contributed by atoms with Crippen molar-refractivity contribution in [3.05, 3.63) is 29.8 Å². The number of aliphatic hydroxyl groups excluding tert-OH is 2. The maximum Gasteiger partial charge on any atom is 0.237 e. The van der Waals surface area contributed by atoms with Gasteiger partial charge in [-0.3, -0.25) is 14.5 Å². The van der Waals surface area contributed by atoms with E-state index in [1.807, 2.05) is 29.2 Å². The van der Waals surface area contributed by atoms with Gasteiger partial charge in [0.15, 0.2) is 0 Å². The van der Waals surface area contributed by atoms with E-state index in [-0.39, 0.29) is 31.4 Å². The fourth-order valence-electron chi connectivity index (χ4n) is 2.84. The third-order valence-corrected chi connectivity index (χ3v) is 4.19. The van der Waals surface area contributed by atoms with Crippen molar-refractivity contribution >= 4 is 11.8 Å². The maximum atomic E-state index is 12.2. The van der Waals surface area contributed by atoms with E-state index in [0.717, 1.165) is 11.3 Å². The van der Waals surface area contributed by atoms with Gasteiger partial charge in [0, 0.05) is 25.2 Å². The van der Waals surface area contributed by atoms with Crippen LogP contribution >= 0.6 is 0 Å². The molecule has 138 valence electrons. The quantitative estimate of drug-likeness (QED) is 0.471. The smallest absolute Gasteiger partial charge is 0.237 e. The first-order chi connectivity index (χ1) is 12.1. The first-order valence-electron chi connectivity index (χ1n) is 8.23. The second-order valence-electron chi connectivity index (χ2n) is 5.92. The summed E-state index contributed by atoms with van der Waals surface area (Å²) < 4.78 is 5.35. The molecule has 0 saturated carbocycles. The Morgan fingerprint density at radius 1 is 1.40 bits per heavy atom. The number of para-hydroxylation sites is 1. The molecular weight excluding hydrogens is 326 g/mol. The molecule has 1 saturated heterocycles. The van der Waals surface area contributed by atoms with Crippen molar-refractivity contribution in [3.63, 3.8) is 0 Å². The van der Waals surface area contributed by atoms with E-state index in [9.17, 15) is 9.59 Å². The molecule has 1 heterocycles. The van der Waals surface area contributed by atoms with Gasteiger partial charge in [-0.15, -0.1) is 0 Å². The molecule has 8 heteroatoms. The summed E-state index contributed by atoms with van der Waals surface area (Å²) in [7, 11) is 1.59. The van der Waals surface area contributed by atoms with Crippen LogP contribution in [0, 0.1) is 0 Å². The molecule has 2 amide bonds. The highest BCUT2D eigenvalue weighted by molar-refractivity contribution is 5.88. The summed E-state index contributed by atoms with van der Waals surface area (Å²) in [6.45, 7) is 0.903.